The fourth-order valence-corrected chi connectivity index (χ4v) is 6.78. The van der Waals surface area contributed by atoms with Gasteiger partial charge in [-0.25, -0.2) is 0 Å². The highest BCUT2D eigenvalue weighted by molar-refractivity contribution is 5.76. The molecule has 41 heavy (non-hydrogen) atoms. The Morgan fingerprint density at radius 1 is 0.854 bits per heavy atom. The third kappa shape index (κ3) is 4.96. The summed E-state index contributed by atoms with van der Waals surface area (Å²) in [6.07, 6.45) is 11.3. The lowest BCUT2D eigenvalue weighted by Crippen LogP contribution is -2.13. The number of H-pyrrole nitrogens is 3. The summed E-state index contributed by atoms with van der Waals surface area (Å²) in [7, 11) is 0. The number of rotatable bonds is 8. The average Bonchev–Trinajstić information content (AvgIpc) is 3.63. The highest BCUT2D eigenvalue weighted by Crippen LogP contribution is 2.42. The van der Waals surface area contributed by atoms with Crippen molar-refractivity contribution in [3.63, 3.8) is 0 Å². The number of hydrogen-bond acceptors (Lipinski definition) is 4. The van der Waals surface area contributed by atoms with Crippen LogP contribution in [0, 0.1) is 32.6 Å². The van der Waals surface area contributed by atoms with E-state index in [2.05, 4.69) is 72.8 Å². The maximum Gasteiger partial charge on any atom is 0.0705 e. The maximum absolute atomic E-state index is 10.6. The maximum atomic E-state index is 10.6. The first-order chi connectivity index (χ1) is 19.8. The van der Waals surface area contributed by atoms with Crippen LogP contribution in [-0.2, 0) is 13.0 Å². The Hall–Kier alpha value is -3.52. The number of aromatic amines is 3. The second-order valence-corrected chi connectivity index (χ2v) is 11.4. The van der Waals surface area contributed by atoms with Crippen LogP contribution in [-0.4, -0.2) is 43.5 Å². The minimum atomic E-state index is -0.106. The first-order valence-electron chi connectivity index (χ1n) is 14.8. The van der Waals surface area contributed by atoms with Gasteiger partial charge in [0.05, 0.1) is 6.61 Å². The quantitative estimate of drug-likeness (QED) is 0.227. The van der Waals surface area contributed by atoms with Gasteiger partial charge in [0.1, 0.15) is 0 Å². The largest absolute Gasteiger partial charge is 0.396 e. The zero-order valence-corrected chi connectivity index (χ0v) is 25.0. The van der Waals surface area contributed by atoms with Gasteiger partial charge in [-0.1, -0.05) is 26.5 Å². The summed E-state index contributed by atoms with van der Waals surface area (Å²) in [6.45, 7) is 14.8. The molecule has 2 aliphatic rings. The summed E-state index contributed by atoms with van der Waals surface area (Å²) in [5.74, 6) is 0.302. The van der Waals surface area contributed by atoms with E-state index >= 15 is 0 Å². The molecule has 218 valence electrons. The molecular weight excluding hydrogens is 512 g/mol. The van der Waals surface area contributed by atoms with Gasteiger partial charge in [0, 0.05) is 81.0 Å². The summed E-state index contributed by atoms with van der Waals surface area (Å²) in [5.41, 5.74) is 13.5. The Labute approximate surface area is 242 Å². The third-order valence-corrected chi connectivity index (χ3v) is 9.24. The first kappa shape index (κ1) is 29.0. The van der Waals surface area contributed by atoms with Gasteiger partial charge < -0.3 is 35.6 Å². The molecule has 7 nitrogen and oxygen atoms in total. The van der Waals surface area contributed by atoms with Crippen molar-refractivity contribution in [3.8, 4) is 0 Å². The van der Waals surface area contributed by atoms with Crippen LogP contribution in [0.2, 0.25) is 0 Å². The standard InChI is InChI=1S/C34H44N4O3/c1-7-22-18(3)27-14-29-20(5)24(10-9-12-39)33(37-29)25(11-13-40)34-26(17-41)21(6)30(38-34)16-32-23(8-2)19(4)28(36-32)15-31(22)35-27/h7,14-16,20,24,35-41H,1,8-13,17H2,2-6H3. The van der Waals surface area contributed by atoms with Crippen LogP contribution < -0.4 is 16.0 Å². The molecule has 1 saturated heterocycles. The van der Waals surface area contributed by atoms with Crippen LogP contribution in [0.4, 0.5) is 0 Å². The number of aromatic nitrogens is 3. The van der Waals surface area contributed by atoms with E-state index in [1.54, 1.807) is 0 Å². The second-order valence-electron chi connectivity index (χ2n) is 11.4. The Balaban J connectivity index is 1.90. The Bertz CT molecular complexity index is 1660. The van der Waals surface area contributed by atoms with Gasteiger partial charge in [-0.15, -0.1) is 0 Å². The van der Waals surface area contributed by atoms with Crippen LogP contribution in [0.1, 0.15) is 89.3 Å². The van der Waals surface area contributed by atoms with E-state index in [-0.39, 0.29) is 31.7 Å². The van der Waals surface area contributed by atoms with Gasteiger partial charge >= 0.3 is 0 Å². The Morgan fingerprint density at radius 2 is 1.59 bits per heavy atom. The molecule has 2 unspecified atom stereocenters. The van der Waals surface area contributed by atoms with Crippen LogP contribution in [0.5, 0.6) is 0 Å². The number of hydrogen-bond donors (Lipinski definition) is 7. The zero-order valence-electron chi connectivity index (χ0n) is 25.0. The van der Waals surface area contributed by atoms with Crippen LogP contribution >= 0.6 is 0 Å². The highest BCUT2D eigenvalue weighted by atomic mass is 16.3. The monoisotopic (exact) mass is 556 g/mol. The van der Waals surface area contributed by atoms with Crippen molar-refractivity contribution in [2.75, 3.05) is 13.2 Å². The molecule has 0 spiro atoms. The molecule has 3 aromatic heterocycles. The van der Waals surface area contributed by atoms with Crippen molar-refractivity contribution in [2.45, 2.75) is 66.9 Å². The molecule has 8 bridgehead atoms. The summed E-state index contributed by atoms with van der Waals surface area (Å²) in [4.78, 5) is 11.0. The predicted molar refractivity (Wildman–Crippen MR) is 167 cm³/mol. The van der Waals surface area contributed by atoms with Crippen LogP contribution in [0.3, 0.4) is 0 Å². The first-order valence-corrected chi connectivity index (χ1v) is 14.8. The minimum Gasteiger partial charge on any atom is -0.396 e. The molecule has 0 saturated carbocycles. The van der Waals surface area contributed by atoms with E-state index in [0.717, 1.165) is 85.5 Å². The van der Waals surface area contributed by atoms with Crippen molar-refractivity contribution in [1.29, 1.82) is 0 Å². The van der Waals surface area contributed by atoms with E-state index in [0.29, 0.717) is 12.8 Å². The normalized spacial score (nSPS) is 18.2. The van der Waals surface area contributed by atoms with Gasteiger partial charge in [-0.2, -0.15) is 0 Å². The molecule has 5 rings (SSSR count). The number of allylic oxidation sites excluding steroid dienone is 2. The van der Waals surface area contributed by atoms with E-state index in [9.17, 15) is 15.3 Å². The fraction of sp³-hybridized carbons (Fsp3) is 0.412. The van der Waals surface area contributed by atoms with Crippen molar-refractivity contribution >= 4 is 29.9 Å². The number of nitrogens with one attached hydrogen (secondary N) is 4. The van der Waals surface area contributed by atoms with E-state index < -0.39 is 0 Å². The summed E-state index contributed by atoms with van der Waals surface area (Å²) in [5, 5.41) is 36.3. The number of fused-ring (bicyclic) bond motifs is 8. The third-order valence-electron chi connectivity index (χ3n) is 9.24. The van der Waals surface area contributed by atoms with Gasteiger partial charge in [-0.3, -0.25) is 0 Å². The van der Waals surface area contributed by atoms with Gasteiger partial charge in [-0.05, 0) is 92.5 Å². The molecule has 7 N–H and O–H groups in total. The van der Waals surface area contributed by atoms with E-state index in [4.69, 9.17) is 0 Å². The predicted octanol–water partition coefficient (Wildman–Crippen LogP) is 4.03. The van der Waals surface area contributed by atoms with Crippen molar-refractivity contribution in [2.24, 2.45) is 11.8 Å². The molecule has 1 fully saturated rings. The van der Waals surface area contributed by atoms with Gasteiger partial charge in [0.2, 0.25) is 0 Å². The molecule has 0 amide bonds. The topological polar surface area (TPSA) is 120 Å². The zero-order chi connectivity index (χ0) is 29.4. The number of aliphatic hydroxyl groups is 3. The molecule has 0 radical (unpaired) electrons. The number of aliphatic hydroxyl groups excluding tert-OH is 3. The molecule has 7 heteroatoms. The van der Waals surface area contributed by atoms with Crippen molar-refractivity contribution < 1.29 is 15.3 Å². The van der Waals surface area contributed by atoms with Crippen molar-refractivity contribution in [3.05, 3.63) is 84.8 Å². The summed E-state index contributed by atoms with van der Waals surface area (Å²) in [6, 6.07) is 0. The van der Waals surface area contributed by atoms with Gasteiger partial charge in [0.25, 0.3) is 0 Å². The molecule has 0 aromatic carbocycles. The fourth-order valence-electron chi connectivity index (χ4n) is 6.78. The average molecular weight is 557 g/mol. The van der Waals surface area contributed by atoms with E-state index in [1.165, 1.54) is 11.1 Å². The summed E-state index contributed by atoms with van der Waals surface area (Å²) < 4.78 is 0. The van der Waals surface area contributed by atoms with E-state index in [1.807, 2.05) is 13.0 Å². The van der Waals surface area contributed by atoms with Gasteiger partial charge in [0.15, 0.2) is 0 Å². The lowest BCUT2D eigenvalue weighted by molar-refractivity contribution is 0.271. The lowest BCUT2D eigenvalue weighted by atomic mass is 9.85. The lowest BCUT2D eigenvalue weighted by Gasteiger charge is -2.19. The van der Waals surface area contributed by atoms with Crippen molar-refractivity contribution in [1.82, 2.24) is 20.3 Å². The minimum absolute atomic E-state index is 0.0144. The Morgan fingerprint density at radius 3 is 2.24 bits per heavy atom. The molecule has 2 aliphatic heterocycles. The molecule has 5 heterocycles. The SMILES string of the molecule is C=Cc1c2[nH]c(c1C)C=C1NC(=C(CCO)c3[nH]c(c(C)c3CO)C=c3[nH]c(c(C)c3CC)=C2)C(CCCO)C1C. The molecular formula is C34H44N4O3. The molecule has 3 aromatic rings. The van der Waals surface area contributed by atoms with Crippen LogP contribution in [0.15, 0.2) is 18.0 Å². The molecule has 0 aliphatic carbocycles. The smallest absolute Gasteiger partial charge is 0.0705 e. The van der Waals surface area contributed by atoms with Crippen LogP contribution in [0.25, 0.3) is 29.9 Å². The molecule has 2 atom stereocenters. The second kappa shape index (κ2) is 11.8. The Kier molecular flexibility index (Phi) is 8.32. The highest BCUT2D eigenvalue weighted by Gasteiger charge is 2.35. The summed E-state index contributed by atoms with van der Waals surface area (Å²) >= 11 is 0.